The maximum Gasteiger partial charge on any atom is 0.272 e. The van der Waals surface area contributed by atoms with Crippen molar-refractivity contribution >= 4 is 62.6 Å². The topological polar surface area (TPSA) is 48.0 Å². The molecule has 0 bridgehead atoms. The largest absolute Gasteiger partial charge is 0.456 e. The summed E-state index contributed by atoms with van der Waals surface area (Å²) in [5, 5.41) is 6.09. The van der Waals surface area contributed by atoms with Gasteiger partial charge in [-0.25, -0.2) is 0 Å². The molecular weight excluding hydrogens is 442 g/mol. The quantitative estimate of drug-likeness (QED) is 0.312. The average molecular weight is 454 g/mol. The van der Waals surface area contributed by atoms with Crippen molar-refractivity contribution in [2.75, 3.05) is 0 Å². The predicted octanol–water partition coefficient (Wildman–Crippen LogP) is 6.99. The van der Waals surface area contributed by atoms with E-state index in [0.717, 1.165) is 22.2 Å². The Morgan fingerprint density at radius 2 is 1.86 bits per heavy atom. The van der Waals surface area contributed by atoms with Crippen molar-refractivity contribution in [1.82, 2.24) is 9.78 Å². The molecule has 0 atom stereocenters. The number of carbonyl (C=O) groups excluding carboxylic acids is 1. The van der Waals surface area contributed by atoms with E-state index in [1.165, 1.54) is 0 Å². The molecule has 0 aliphatic heterocycles. The Bertz CT molecular complexity index is 1230. The molecule has 8 heteroatoms. The Morgan fingerprint density at radius 1 is 1.07 bits per heavy atom. The number of hydrogen-bond acceptors (Lipinski definition) is 3. The number of furan rings is 1. The molecule has 0 saturated heterocycles. The van der Waals surface area contributed by atoms with Crippen molar-refractivity contribution in [3.63, 3.8) is 0 Å². The van der Waals surface area contributed by atoms with Gasteiger partial charge in [0, 0.05) is 32.3 Å². The summed E-state index contributed by atoms with van der Waals surface area (Å²) in [5.74, 6) is 0.606. The lowest BCUT2D eigenvalue weighted by Crippen LogP contribution is -2.05. The van der Waals surface area contributed by atoms with E-state index in [1.807, 2.05) is 25.1 Å². The van der Waals surface area contributed by atoms with E-state index < -0.39 is 5.24 Å². The summed E-state index contributed by atoms with van der Waals surface area (Å²) in [7, 11) is 0. The summed E-state index contributed by atoms with van der Waals surface area (Å²) in [4.78, 5) is 11.4. The van der Waals surface area contributed by atoms with Gasteiger partial charge in [0.15, 0.2) is 0 Å². The van der Waals surface area contributed by atoms with Crippen LogP contribution in [0.15, 0.2) is 46.9 Å². The Labute approximate surface area is 180 Å². The first-order valence-electron chi connectivity index (χ1n) is 8.23. The summed E-state index contributed by atoms with van der Waals surface area (Å²) in [5.41, 5.74) is 3.21. The molecule has 4 rings (SSSR count). The van der Waals surface area contributed by atoms with E-state index in [9.17, 15) is 4.79 Å². The first kappa shape index (κ1) is 19.3. The van der Waals surface area contributed by atoms with Gasteiger partial charge in [0.2, 0.25) is 0 Å². The highest BCUT2D eigenvalue weighted by Crippen LogP contribution is 2.36. The van der Waals surface area contributed by atoms with Crippen molar-refractivity contribution in [2.24, 2.45) is 0 Å². The molecule has 28 heavy (non-hydrogen) atoms. The normalized spacial score (nSPS) is 11.3. The van der Waals surface area contributed by atoms with Crippen LogP contribution in [0.25, 0.3) is 22.3 Å². The van der Waals surface area contributed by atoms with Crippen LogP contribution < -0.4 is 0 Å². The van der Waals surface area contributed by atoms with Gasteiger partial charge in [-0.15, -0.1) is 0 Å². The fourth-order valence-corrected chi connectivity index (χ4v) is 3.90. The molecule has 2 aromatic carbocycles. The second kappa shape index (κ2) is 7.45. The molecule has 0 spiro atoms. The highest BCUT2D eigenvalue weighted by molar-refractivity contribution is 6.67. The van der Waals surface area contributed by atoms with Crippen LogP contribution in [0.1, 0.15) is 21.7 Å². The third kappa shape index (κ3) is 3.65. The molecule has 0 aliphatic rings. The van der Waals surface area contributed by atoms with Crippen molar-refractivity contribution in [1.29, 1.82) is 0 Å². The second-order valence-electron chi connectivity index (χ2n) is 6.32. The lowest BCUT2D eigenvalue weighted by atomic mass is 10.1. The standard InChI is InChI=1S/C20H12Cl4N2O2/c1-10-4-17(20(24)27)25-26(10)9-12-6-14(22)5-11-7-18(28-19(11)12)15-3-2-13(21)8-16(15)23/h2-8H,9H2,1H3. The van der Waals surface area contributed by atoms with E-state index in [2.05, 4.69) is 5.10 Å². The molecule has 0 aliphatic carbocycles. The third-order valence-electron chi connectivity index (χ3n) is 4.36. The Kier molecular flexibility index (Phi) is 5.15. The summed E-state index contributed by atoms with van der Waals surface area (Å²) >= 11 is 24.1. The van der Waals surface area contributed by atoms with Gasteiger partial charge in [0.05, 0.1) is 11.6 Å². The van der Waals surface area contributed by atoms with Crippen molar-refractivity contribution < 1.29 is 9.21 Å². The molecule has 0 radical (unpaired) electrons. The molecule has 0 saturated carbocycles. The Balaban J connectivity index is 1.81. The fourth-order valence-electron chi connectivity index (χ4n) is 3.05. The highest BCUT2D eigenvalue weighted by Gasteiger charge is 2.16. The van der Waals surface area contributed by atoms with Gasteiger partial charge in [-0.05, 0) is 61.0 Å². The van der Waals surface area contributed by atoms with E-state index in [-0.39, 0.29) is 5.69 Å². The predicted molar refractivity (Wildman–Crippen MR) is 113 cm³/mol. The zero-order chi connectivity index (χ0) is 20.0. The molecule has 4 aromatic rings. The monoisotopic (exact) mass is 452 g/mol. The smallest absolute Gasteiger partial charge is 0.272 e. The first-order valence-corrected chi connectivity index (χ1v) is 9.74. The number of nitrogens with zero attached hydrogens (tertiary/aromatic N) is 2. The number of aromatic nitrogens is 2. The summed E-state index contributed by atoms with van der Waals surface area (Å²) in [6.07, 6.45) is 0. The van der Waals surface area contributed by atoms with Crippen LogP contribution in [-0.4, -0.2) is 15.0 Å². The lowest BCUT2D eigenvalue weighted by molar-refractivity contribution is 0.107. The summed E-state index contributed by atoms with van der Waals surface area (Å²) in [6, 6.07) is 12.4. The number of carbonyl (C=O) groups is 1. The van der Waals surface area contributed by atoms with Gasteiger partial charge in [0.1, 0.15) is 17.0 Å². The van der Waals surface area contributed by atoms with E-state index in [4.69, 9.17) is 50.8 Å². The Morgan fingerprint density at radius 3 is 2.54 bits per heavy atom. The van der Waals surface area contributed by atoms with Crippen LogP contribution in [-0.2, 0) is 6.54 Å². The second-order valence-corrected chi connectivity index (χ2v) is 7.94. The van der Waals surface area contributed by atoms with E-state index >= 15 is 0 Å². The minimum atomic E-state index is -0.601. The Hall–Kier alpha value is -1.98. The minimum Gasteiger partial charge on any atom is -0.456 e. The first-order chi connectivity index (χ1) is 13.3. The van der Waals surface area contributed by atoms with Gasteiger partial charge in [-0.3, -0.25) is 9.48 Å². The van der Waals surface area contributed by atoms with E-state index in [0.29, 0.717) is 33.0 Å². The molecule has 0 unspecified atom stereocenters. The van der Waals surface area contributed by atoms with Crippen molar-refractivity contribution in [3.8, 4) is 11.3 Å². The molecule has 0 amide bonds. The maximum absolute atomic E-state index is 11.4. The molecule has 0 N–H and O–H groups in total. The maximum atomic E-state index is 11.4. The highest BCUT2D eigenvalue weighted by atomic mass is 35.5. The lowest BCUT2D eigenvalue weighted by Gasteiger charge is -2.06. The van der Waals surface area contributed by atoms with Crippen molar-refractivity contribution in [2.45, 2.75) is 13.5 Å². The number of rotatable bonds is 4. The molecule has 142 valence electrons. The fraction of sp³-hybridized carbons (Fsp3) is 0.100. The SMILES string of the molecule is Cc1cc(C(=O)Cl)nn1Cc1cc(Cl)cc2cc(-c3ccc(Cl)cc3Cl)oc12. The zero-order valence-electron chi connectivity index (χ0n) is 14.5. The number of hydrogen-bond donors (Lipinski definition) is 0. The van der Waals surface area contributed by atoms with Gasteiger partial charge in [0.25, 0.3) is 5.24 Å². The molecule has 0 fully saturated rings. The molecular formula is C20H12Cl4N2O2. The third-order valence-corrected chi connectivity index (χ3v) is 5.32. The molecule has 4 nitrogen and oxygen atoms in total. The zero-order valence-corrected chi connectivity index (χ0v) is 17.5. The van der Waals surface area contributed by atoms with Gasteiger partial charge in [-0.1, -0.05) is 34.8 Å². The van der Waals surface area contributed by atoms with Crippen LogP contribution >= 0.6 is 46.4 Å². The van der Waals surface area contributed by atoms with Crippen LogP contribution in [0.4, 0.5) is 0 Å². The van der Waals surface area contributed by atoms with Crippen LogP contribution in [0.2, 0.25) is 15.1 Å². The van der Waals surface area contributed by atoms with Gasteiger partial charge in [-0.2, -0.15) is 5.10 Å². The summed E-state index contributed by atoms with van der Waals surface area (Å²) < 4.78 is 7.79. The van der Waals surface area contributed by atoms with Crippen molar-refractivity contribution in [3.05, 3.63) is 74.5 Å². The minimum absolute atomic E-state index is 0.200. The number of benzene rings is 2. The summed E-state index contributed by atoms with van der Waals surface area (Å²) in [6.45, 7) is 2.22. The van der Waals surface area contributed by atoms with Gasteiger partial charge < -0.3 is 4.42 Å². The number of halogens is 4. The van der Waals surface area contributed by atoms with E-state index in [1.54, 1.807) is 28.9 Å². The number of aryl methyl sites for hydroxylation is 1. The van der Waals surface area contributed by atoms with Crippen LogP contribution in [0.3, 0.4) is 0 Å². The number of fused-ring (bicyclic) bond motifs is 1. The van der Waals surface area contributed by atoms with Gasteiger partial charge >= 0.3 is 0 Å². The van der Waals surface area contributed by atoms with Crippen LogP contribution in [0, 0.1) is 6.92 Å². The molecule has 2 heterocycles. The molecule has 2 aromatic heterocycles. The average Bonchev–Trinajstić information content (AvgIpc) is 3.19. The van der Waals surface area contributed by atoms with Crippen LogP contribution in [0.5, 0.6) is 0 Å².